The van der Waals surface area contributed by atoms with Gasteiger partial charge in [-0.15, -0.1) is 5.10 Å². The van der Waals surface area contributed by atoms with Crippen LogP contribution in [0.3, 0.4) is 0 Å². The molecule has 11 nitrogen and oxygen atoms in total. The van der Waals surface area contributed by atoms with Crippen molar-refractivity contribution >= 4 is 29.5 Å². The van der Waals surface area contributed by atoms with Gasteiger partial charge >= 0.3 is 35.5 Å². The largest absolute Gasteiger partial charge is 1.00 e. The molecule has 140 valence electrons. The van der Waals surface area contributed by atoms with Crippen LogP contribution in [0, 0.1) is 17.2 Å². The Morgan fingerprint density at radius 1 is 1.48 bits per heavy atom. The van der Waals surface area contributed by atoms with E-state index in [-0.39, 0.29) is 70.6 Å². The number of thioether (sulfide) groups is 1. The predicted octanol–water partition coefficient (Wildman–Crippen LogP) is -4.70. The molecule has 13 heteroatoms. The molecule has 1 amide bonds. The summed E-state index contributed by atoms with van der Waals surface area (Å²) < 4.78 is 1.17. The van der Waals surface area contributed by atoms with Crippen molar-refractivity contribution in [1.29, 1.82) is 5.41 Å². The molecule has 2 aliphatic heterocycles. The number of carboxylic acids is 1. The second kappa shape index (κ2) is 8.27. The van der Waals surface area contributed by atoms with Gasteiger partial charge < -0.3 is 25.6 Å². The first-order valence-corrected chi connectivity index (χ1v) is 8.83. The zero-order valence-electron chi connectivity index (χ0n) is 15.0. The molecular formula is C14H17N6NaO5S. The monoisotopic (exact) mass is 404 g/mol. The Bertz CT molecular complexity index is 812. The van der Waals surface area contributed by atoms with E-state index >= 15 is 0 Å². The minimum atomic E-state index is -1.20. The van der Waals surface area contributed by atoms with Crippen LogP contribution in [-0.4, -0.2) is 71.0 Å². The summed E-state index contributed by atoms with van der Waals surface area (Å²) in [4.78, 5) is 25.2. The molecule has 1 fully saturated rings. The molecule has 2 aliphatic rings. The fourth-order valence-corrected chi connectivity index (χ4v) is 4.54. The van der Waals surface area contributed by atoms with Gasteiger partial charge in [0.05, 0.1) is 24.6 Å². The Morgan fingerprint density at radius 3 is 2.70 bits per heavy atom. The molecule has 0 bridgehead atoms. The van der Waals surface area contributed by atoms with Crippen molar-refractivity contribution in [2.75, 3.05) is 5.75 Å². The molecule has 3 rings (SSSR count). The number of carbonyl (C=O) groups excluding carboxylic acids is 1. The number of nitrogens with zero attached hydrogens (tertiary/aromatic N) is 5. The number of aromatic nitrogens is 4. The second-order valence-electron chi connectivity index (χ2n) is 6.26. The molecule has 1 aromatic heterocycles. The van der Waals surface area contributed by atoms with Crippen LogP contribution in [0.1, 0.15) is 13.8 Å². The van der Waals surface area contributed by atoms with Crippen molar-refractivity contribution in [3.8, 4) is 0 Å². The molecule has 0 spiro atoms. The molecule has 1 aromatic rings. The minimum absolute atomic E-state index is 0. The van der Waals surface area contributed by atoms with E-state index in [1.807, 2.05) is 6.92 Å². The Labute approximate surface area is 180 Å². The van der Waals surface area contributed by atoms with E-state index in [0.29, 0.717) is 5.57 Å². The number of hydrogen-bond donors (Lipinski definition) is 3. The summed E-state index contributed by atoms with van der Waals surface area (Å²) in [5.74, 6) is -3.09. The fourth-order valence-electron chi connectivity index (χ4n) is 3.51. The van der Waals surface area contributed by atoms with E-state index in [0.717, 1.165) is 11.8 Å². The second-order valence-corrected chi connectivity index (χ2v) is 7.21. The van der Waals surface area contributed by atoms with E-state index < -0.39 is 23.9 Å². The first kappa shape index (κ1) is 21.8. The summed E-state index contributed by atoms with van der Waals surface area (Å²) in [6, 6.07) is -0.380. The summed E-state index contributed by atoms with van der Waals surface area (Å²) in [6.45, 7) is 3.04. The van der Waals surface area contributed by atoms with Gasteiger partial charge in [-0.05, 0) is 28.8 Å². The molecular weight excluding hydrogens is 387 g/mol. The average molecular weight is 404 g/mol. The maximum absolute atomic E-state index is 12.3. The van der Waals surface area contributed by atoms with Gasteiger partial charge in [0.2, 0.25) is 11.1 Å². The van der Waals surface area contributed by atoms with E-state index in [4.69, 9.17) is 5.41 Å². The summed E-state index contributed by atoms with van der Waals surface area (Å²) in [5.41, 5.74) is 0.489. The van der Waals surface area contributed by atoms with Crippen LogP contribution in [-0.2, 0) is 16.1 Å². The number of aliphatic hydroxyl groups excluding tert-OH is 1. The van der Waals surface area contributed by atoms with Crippen LogP contribution < -0.4 is 34.7 Å². The van der Waals surface area contributed by atoms with Crippen LogP contribution in [0.15, 0.2) is 16.4 Å². The van der Waals surface area contributed by atoms with Crippen LogP contribution in [0.25, 0.3) is 0 Å². The minimum Gasteiger partial charge on any atom is -0.861 e. The normalized spacial score (nSPS) is 24.9. The third kappa shape index (κ3) is 3.76. The van der Waals surface area contributed by atoms with Crippen molar-refractivity contribution in [3.63, 3.8) is 0 Å². The number of carbonyl (C=O) groups is 2. The summed E-state index contributed by atoms with van der Waals surface area (Å²) in [5, 5.41) is 48.5. The van der Waals surface area contributed by atoms with E-state index in [1.165, 1.54) is 16.5 Å². The van der Waals surface area contributed by atoms with Crippen LogP contribution in [0.4, 0.5) is 0 Å². The van der Waals surface area contributed by atoms with Crippen molar-refractivity contribution in [1.82, 2.24) is 25.1 Å². The number of aliphatic hydroxyl groups is 1. The molecule has 0 unspecified atom stereocenters. The maximum atomic E-state index is 12.3. The van der Waals surface area contributed by atoms with Gasteiger partial charge in [-0.3, -0.25) is 4.79 Å². The number of nitrogens with one attached hydrogen (secondary N) is 1. The quantitative estimate of drug-likeness (QED) is 0.133. The smallest absolute Gasteiger partial charge is 0.861 e. The Kier molecular flexibility index (Phi) is 6.68. The molecule has 0 saturated carbocycles. The summed E-state index contributed by atoms with van der Waals surface area (Å²) in [7, 11) is 0. The number of carboxylic acid groups (broad SMARTS) is 1. The number of amides is 1. The molecule has 3 N–H and O–H groups in total. The van der Waals surface area contributed by atoms with Crippen molar-refractivity contribution < 1.29 is 54.5 Å². The van der Waals surface area contributed by atoms with Gasteiger partial charge in [-0.1, -0.05) is 18.7 Å². The summed E-state index contributed by atoms with van der Waals surface area (Å²) >= 11 is 1.13. The van der Waals surface area contributed by atoms with Crippen molar-refractivity contribution in [3.05, 3.63) is 11.3 Å². The Balaban J connectivity index is 0.00000261. The third-order valence-corrected chi connectivity index (χ3v) is 5.67. The van der Waals surface area contributed by atoms with E-state index in [1.54, 1.807) is 0 Å². The van der Waals surface area contributed by atoms with Gasteiger partial charge in [0.15, 0.2) is 0 Å². The maximum Gasteiger partial charge on any atom is 1.00 e. The first-order valence-electron chi connectivity index (χ1n) is 7.84. The average Bonchev–Trinajstić information content (AvgIpc) is 3.05. The van der Waals surface area contributed by atoms with E-state index in [2.05, 4.69) is 15.5 Å². The third-order valence-electron chi connectivity index (χ3n) is 4.67. The van der Waals surface area contributed by atoms with Gasteiger partial charge in [0.1, 0.15) is 5.70 Å². The zero-order chi connectivity index (χ0) is 19.2. The number of tetrazole rings is 1. The molecule has 0 aromatic carbocycles. The number of aliphatic carboxylic acids is 1. The molecule has 27 heavy (non-hydrogen) atoms. The Morgan fingerprint density at radius 2 is 2.15 bits per heavy atom. The fraction of sp³-hybridized carbons (Fsp3) is 0.571. The molecule has 0 aliphatic carbocycles. The predicted molar refractivity (Wildman–Crippen MR) is 85.9 cm³/mol. The molecule has 0 radical (unpaired) electrons. The number of rotatable bonds is 7. The van der Waals surface area contributed by atoms with Crippen LogP contribution in [0.2, 0.25) is 0 Å². The van der Waals surface area contributed by atoms with E-state index in [9.17, 15) is 24.9 Å². The molecule has 1 saturated heterocycles. The van der Waals surface area contributed by atoms with Gasteiger partial charge in [0, 0.05) is 11.7 Å². The number of hydrogen-bond acceptors (Lipinski definition) is 9. The standard InChI is InChI=1S/C14H18N6O5S.Na/c1-5-7(4-26-14-16-17-18-19(14)3-8(15)22)11(13(24)25)20-10(5)9(6(2)21)12(20)23;/h5-6,9-10,21H,3-4H2,1-2H3,(H2,15,22)(H,24,25);/q;+1/p-1/t5-,6+,9+,10+;/m0./s1. The molecule has 4 atom stereocenters. The SMILES string of the molecule is C[C@@H](O)[C@H]1C(=O)N2C(C(=O)O)=C(CSc3nnnn3CC(=N)[O-])[C@H](C)[C@H]12.[Na+]. The van der Waals surface area contributed by atoms with Crippen LogP contribution >= 0.6 is 11.8 Å². The van der Waals surface area contributed by atoms with Gasteiger partial charge in [-0.2, -0.15) is 0 Å². The topological polar surface area (TPSA) is 168 Å². The van der Waals surface area contributed by atoms with Gasteiger partial charge in [-0.25, -0.2) is 9.48 Å². The number of β-lactam (4-membered cyclic amide) rings is 1. The molecule has 3 heterocycles. The van der Waals surface area contributed by atoms with Crippen LogP contribution in [0.5, 0.6) is 0 Å². The number of fused-ring (bicyclic) bond motifs is 1. The summed E-state index contributed by atoms with van der Waals surface area (Å²) in [6.07, 6.45) is -0.858. The van der Waals surface area contributed by atoms with Crippen molar-refractivity contribution in [2.45, 2.75) is 37.7 Å². The van der Waals surface area contributed by atoms with Crippen molar-refractivity contribution in [2.24, 2.45) is 11.8 Å². The first-order chi connectivity index (χ1) is 12.2. The Hall–Kier alpha value is -1.47. The van der Waals surface area contributed by atoms with Gasteiger partial charge in [0.25, 0.3) is 0 Å². The zero-order valence-corrected chi connectivity index (χ0v) is 17.8.